The molecule has 0 fully saturated rings. The zero-order valence-corrected chi connectivity index (χ0v) is 14.2. The molecule has 2 aromatic rings. The summed E-state index contributed by atoms with van der Waals surface area (Å²) in [6, 6.07) is 3.01. The molecule has 1 heterocycles. The molecule has 1 aromatic heterocycles. The first-order valence-electron chi connectivity index (χ1n) is 6.90. The van der Waals surface area contributed by atoms with Crippen LogP contribution in [-0.4, -0.2) is 25.3 Å². The quantitative estimate of drug-likeness (QED) is 0.914. The number of aryl methyl sites for hydroxylation is 3. The summed E-state index contributed by atoms with van der Waals surface area (Å²) >= 11 is 0. The van der Waals surface area contributed by atoms with Crippen LogP contribution >= 0.6 is 0 Å². The van der Waals surface area contributed by atoms with E-state index in [2.05, 4.69) is 9.82 Å². The van der Waals surface area contributed by atoms with E-state index in [0.29, 0.717) is 11.3 Å². The molecule has 1 aromatic carbocycles. The van der Waals surface area contributed by atoms with Gasteiger partial charge in [-0.05, 0) is 44.0 Å². The zero-order chi connectivity index (χ0) is 16.5. The van der Waals surface area contributed by atoms with E-state index in [1.807, 2.05) is 6.92 Å². The van der Waals surface area contributed by atoms with Crippen LogP contribution in [0.1, 0.15) is 29.7 Å². The Balaban J connectivity index is 2.33. The fourth-order valence-electron chi connectivity index (χ4n) is 2.30. The number of ether oxygens (including phenoxy) is 1. The number of hydrogen-bond donors (Lipinski definition) is 1. The number of nitrogens with zero attached hydrogens (tertiary/aromatic N) is 2. The van der Waals surface area contributed by atoms with E-state index < -0.39 is 10.0 Å². The molecule has 6 nitrogen and oxygen atoms in total. The maximum absolute atomic E-state index is 12.6. The maximum Gasteiger partial charge on any atom is 0.241 e. The van der Waals surface area contributed by atoms with Crippen molar-refractivity contribution in [3.63, 3.8) is 0 Å². The van der Waals surface area contributed by atoms with Crippen LogP contribution in [0.3, 0.4) is 0 Å². The smallest absolute Gasteiger partial charge is 0.241 e. The van der Waals surface area contributed by atoms with Crippen molar-refractivity contribution in [3.05, 3.63) is 41.2 Å². The van der Waals surface area contributed by atoms with Gasteiger partial charge in [-0.15, -0.1) is 0 Å². The Labute approximate surface area is 131 Å². The summed E-state index contributed by atoms with van der Waals surface area (Å²) in [5.74, 6) is 0.678. The van der Waals surface area contributed by atoms with E-state index in [4.69, 9.17) is 4.74 Å². The molecule has 0 aliphatic carbocycles. The molecule has 0 spiro atoms. The highest BCUT2D eigenvalue weighted by molar-refractivity contribution is 7.89. The van der Waals surface area contributed by atoms with Gasteiger partial charge in [0.05, 0.1) is 18.2 Å². The van der Waals surface area contributed by atoms with Crippen LogP contribution in [0.4, 0.5) is 0 Å². The Bertz CT molecular complexity index is 781. The summed E-state index contributed by atoms with van der Waals surface area (Å²) in [6.07, 6.45) is 3.44. The van der Waals surface area contributed by atoms with Crippen molar-refractivity contribution in [2.75, 3.05) is 7.11 Å². The van der Waals surface area contributed by atoms with E-state index in [0.717, 1.165) is 11.1 Å². The molecule has 1 unspecified atom stereocenters. The lowest BCUT2D eigenvalue weighted by molar-refractivity contribution is 0.411. The van der Waals surface area contributed by atoms with Crippen LogP contribution < -0.4 is 9.46 Å². The second-order valence-electron chi connectivity index (χ2n) is 5.38. The molecule has 0 bridgehead atoms. The van der Waals surface area contributed by atoms with E-state index in [-0.39, 0.29) is 10.9 Å². The molecule has 0 aliphatic heterocycles. The Kier molecular flexibility index (Phi) is 4.58. The predicted octanol–water partition coefficient (Wildman–Crippen LogP) is 2.09. The van der Waals surface area contributed by atoms with Gasteiger partial charge in [-0.1, -0.05) is 0 Å². The fraction of sp³-hybridized carbons (Fsp3) is 0.400. The standard InChI is InChI=1S/C15H21N3O3S/c1-10-7-15(11(2)6-14(10)21-5)22(19,20)17-12(3)13-8-16-18(4)9-13/h6-9,12,17H,1-5H3. The highest BCUT2D eigenvalue weighted by Gasteiger charge is 2.22. The fourth-order valence-corrected chi connectivity index (χ4v) is 3.84. The van der Waals surface area contributed by atoms with E-state index in [9.17, 15) is 8.42 Å². The molecule has 0 saturated carbocycles. The van der Waals surface area contributed by atoms with Crippen LogP contribution in [0.5, 0.6) is 5.75 Å². The van der Waals surface area contributed by atoms with Gasteiger partial charge in [0.1, 0.15) is 5.75 Å². The molecule has 22 heavy (non-hydrogen) atoms. The van der Waals surface area contributed by atoms with Crippen molar-refractivity contribution in [3.8, 4) is 5.75 Å². The van der Waals surface area contributed by atoms with E-state index in [1.54, 1.807) is 57.2 Å². The maximum atomic E-state index is 12.6. The van der Waals surface area contributed by atoms with E-state index >= 15 is 0 Å². The van der Waals surface area contributed by atoms with Crippen molar-refractivity contribution in [1.82, 2.24) is 14.5 Å². The van der Waals surface area contributed by atoms with Gasteiger partial charge in [-0.3, -0.25) is 4.68 Å². The van der Waals surface area contributed by atoms with E-state index in [1.165, 1.54) is 0 Å². The Hall–Kier alpha value is -1.86. The van der Waals surface area contributed by atoms with Gasteiger partial charge in [-0.2, -0.15) is 5.10 Å². The zero-order valence-electron chi connectivity index (χ0n) is 13.4. The van der Waals surface area contributed by atoms with Crippen molar-refractivity contribution in [1.29, 1.82) is 0 Å². The number of rotatable bonds is 5. The first-order valence-corrected chi connectivity index (χ1v) is 8.39. The third kappa shape index (κ3) is 3.31. The molecule has 7 heteroatoms. The van der Waals surface area contributed by atoms with Crippen LogP contribution in [0.15, 0.2) is 29.4 Å². The normalized spacial score (nSPS) is 13.1. The molecule has 2 rings (SSSR count). The lowest BCUT2D eigenvalue weighted by Gasteiger charge is -2.16. The van der Waals surface area contributed by atoms with Crippen molar-refractivity contribution >= 4 is 10.0 Å². The summed E-state index contributed by atoms with van der Waals surface area (Å²) in [7, 11) is -0.258. The Morgan fingerprint density at radius 2 is 1.95 bits per heavy atom. The number of aromatic nitrogens is 2. The second kappa shape index (κ2) is 6.10. The first kappa shape index (κ1) is 16.5. The van der Waals surface area contributed by atoms with Gasteiger partial charge in [0.25, 0.3) is 0 Å². The average molecular weight is 323 g/mol. The number of benzene rings is 1. The lowest BCUT2D eigenvalue weighted by Crippen LogP contribution is -2.27. The second-order valence-corrected chi connectivity index (χ2v) is 7.06. The molecule has 1 N–H and O–H groups in total. The summed E-state index contributed by atoms with van der Waals surface area (Å²) in [5.41, 5.74) is 2.24. The van der Waals surface area contributed by atoms with Gasteiger partial charge < -0.3 is 4.74 Å². The summed E-state index contributed by atoms with van der Waals surface area (Å²) in [6.45, 7) is 5.37. The lowest BCUT2D eigenvalue weighted by atomic mass is 10.1. The Morgan fingerprint density at radius 1 is 1.27 bits per heavy atom. The van der Waals surface area contributed by atoms with Crippen molar-refractivity contribution < 1.29 is 13.2 Å². The minimum Gasteiger partial charge on any atom is -0.496 e. The summed E-state index contributed by atoms with van der Waals surface area (Å²) in [5, 5.41) is 4.06. The minimum atomic E-state index is -3.62. The van der Waals surface area contributed by atoms with Gasteiger partial charge in [0.2, 0.25) is 10.0 Å². The van der Waals surface area contributed by atoms with Crippen LogP contribution in [-0.2, 0) is 17.1 Å². The number of methoxy groups -OCH3 is 1. The van der Waals surface area contributed by atoms with Crippen LogP contribution in [0, 0.1) is 13.8 Å². The first-order chi connectivity index (χ1) is 10.2. The third-order valence-corrected chi connectivity index (χ3v) is 5.22. The molecule has 120 valence electrons. The highest BCUT2D eigenvalue weighted by Crippen LogP contribution is 2.26. The van der Waals surface area contributed by atoms with Gasteiger partial charge in [0.15, 0.2) is 0 Å². The third-order valence-electron chi connectivity index (χ3n) is 3.54. The minimum absolute atomic E-state index is 0.265. The summed E-state index contributed by atoms with van der Waals surface area (Å²) in [4.78, 5) is 0.265. The van der Waals surface area contributed by atoms with Gasteiger partial charge in [-0.25, -0.2) is 13.1 Å². The van der Waals surface area contributed by atoms with Crippen molar-refractivity contribution in [2.45, 2.75) is 31.7 Å². The molecule has 0 saturated heterocycles. The number of sulfonamides is 1. The molecule has 0 amide bonds. The predicted molar refractivity (Wildman–Crippen MR) is 84.4 cm³/mol. The average Bonchev–Trinajstić information content (AvgIpc) is 2.87. The molecule has 0 aliphatic rings. The highest BCUT2D eigenvalue weighted by atomic mass is 32.2. The summed E-state index contributed by atoms with van der Waals surface area (Å²) < 4.78 is 34.8. The van der Waals surface area contributed by atoms with Gasteiger partial charge >= 0.3 is 0 Å². The SMILES string of the molecule is COc1cc(C)c(S(=O)(=O)NC(C)c2cnn(C)c2)cc1C. The topological polar surface area (TPSA) is 73.2 Å². The number of nitrogens with one attached hydrogen (secondary N) is 1. The van der Waals surface area contributed by atoms with Crippen LogP contribution in [0.25, 0.3) is 0 Å². The van der Waals surface area contributed by atoms with Gasteiger partial charge in [0, 0.05) is 24.8 Å². The Morgan fingerprint density at radius 3 is 2.50 bits per heavy atom. The monoisotopic (exact) mass is 323 g/mol. The molecule has 0 radical (unpaired) electrons. The molecular weight excluding hydrogens is 302 g/mol. The number of hydrogen-bond acceptors (Lipinski definition) is 4. The van der Waals surface area contributed by atoms with Crippen LogP contribution in [0.2, 0.25) is 0 Å². The molecule has 1 atom stereocenters. The largest absolute Gasteiger partial charge is 0.496 e. The van der Waals surface area contributed by atoms with Crippen molar-refractivity contribution in [2.24, 2.45) is 7.05 Å². The molecular formula is C15H21N3O3S.